The number of hydrogen-bond acceptors (Lipinski definition) is 5. The third kappa shape index (κ3) is 3.79. The minimum absolute atomic E-state index is 0.0472. The lowest BCUT2D eigenvalue weighted by atomic mass is 10.0. The normalized spacial score (nSPS) is 21.6. The Morgan fingerprint density at radius 1 is 1.33 bits per heavy atom. The Bertz CT molecular complexity index is 493. The van der Waals surface area contributed by atoms with Gasteiger partial charge in [-0.2, -0.15) is 0 Å². The van der Waals surface area contributed by atoms with E-state index in [-0.39, 0.29) is 11.7 Å². The number of anilines is 1. The van der Waals surface area contributed by atoms with Crippen LogP contribution in [0, 0.1) is 0 Å². The molecule has 7 heteroatoms. The lowest BCUT2D eigenvalue weighted by Crippen LogP contribution is -2.47. The predicted octanol–water partition coefficient (Wildman–Crippen LogP) is 1.62. The molecule has 1 N–H and O–H groups in total. The minimum Gasteiger partial charge on any atom is -0.347 e. The van der Waals surface area contributed by atoms with Crippen LogP contribution >= 0.6 is 15.9 Å². The van der Waals surface area contributed by atoms with Gasteiger partial charge in [-0.1, -0.05) is 0 Å². The first-order valence-electron chi connectivity index (χ1n) is 7.07. The summed E-state index contributed by atoms with van der Waals surface area (Å²) in [6.45, 7) is 3.33. The molecule has 0 aromatic carbocycles. The smallest absolute Gasteiger partial charge is 0.239 e. The monoisotopic (exact) mass is 355 g/mol. The summed E-state index contributed by atoms with van der Waals surface area (Å²) in [5.74, 6) is 0.133. The summed E-state index contributed by atoms with van der Waals surface area (Å²) >= 11 is 3.31. The van der Waals surface area contributed by atoms with Gasteiger partial charge < -0.3 is 14.8 Å². The molecule has 2 aliphatic rings. The van der Waals surface area contributed by atoms with E-state index in [1.807, 2.05) is 6.07 Å². The van der Waals surface area contributed by atoms with Crippen LogP contribution in [0.3, 0.4) is 0 Å². The number of rotatable bonds is 3. The maximum absolute atomic E-state index is 12.0. The molecule has 0 bridgehead atoms. The largest absolute Gasteiger partial charge is 0.347 e. The number of pyridine rings is 1. The highest BCUT2D eigenvalue weighted by Crippen LogP contribution is 2.31. The van der Waals surface area contributed by atoms with E-state index in [1.165, 1.54) is 0 Å². The van der Waals surface area contributed by atoms with Crippen molar-refractivity contribution in [2.24, 2.45) is 0 Å². The lowest BCUT2D eigenvalue weighted by Gasteiger charge is -2.37. The number of amides is 1. The van der Waals surface area contributed by atoms with Crippen LogP contribution in [-0.4, -0.2) is 54.4 Å². The Labute approximate surface area is 131 Å². The van der Waals surface area contributed by atoms with E-state index >= 15 is 0 Å². The Kier molecular flexibility index (Phi) is 4.54. The van der Waals surface area contributed by atoms with Crippen molar-refractivity contribution in [1.29, 1.82) is 0 Å². The van der Waals surface area contributed by atoms with E-state index in [2.05, 4.69) is 31.1 Å². The number of ether oxygens (including phenoxy) is 2. The molecule has 2 aliphatic heterocycles. The summed E-state index contributed by atoms with van der Waals surface area (Å²) in [6.07, 6.45) is 3.29. The van der Waals surface area contributed by atoms with Crippen LogP contribution in [0.2, 0.25) is 0 Å². The fourth-order valence-corrected chi connectivity index (χ4v) is 2.91. The van der Waals surface area contributed by atoms with Crippen molar-refractivity contribution in [1.82, 2.24) is 9.88 Å². The fraction of sp³-hybridized carbons (Fsp3) is 0.571. The first-order chi connectivity index (χ1) is 10.2. The Morgan fingerprint density at radius 2 is 2.05 bits per heavy atom. The first kappa shape index (κ1) is 14.9. The third-order valence-electron chi connectivity index (χ3n) is 3.79. The van der Waals surface area contributed by atoms with Crippen molar-refractivity contribution in [3.8, 4) is 0 Å². The average Bonchev–Trinajstić information content (AvgIpc) is 2.93. The van der Waals surface area contributed by atoms with E-state index < -0.39 is 0 Å². The molecule has 1 aromatic rings. The summed E-state index contributed by atoms with van der Waals surface area (Å²) < 4.78 is 12.2. The molecule has 0 radical (unpaired) electrons. The van der Waals surface area contributed by atoms with Gasteiger partial charge in [-0.15, -0.1) is 0 Å². The molecule has 6 nitrogen and oxygen atoms in total. The van der Waals surface area contributed by atoms with E-state index in [0.717, 1.165) is 30.4 Å². The molecule has 3 rings (SSSR count). The minimum atomic E-state index is -0.389. The highest BCUT2D eigenvalue weighted by molar-refractivity contribution is 9.10. The predicted molar refractivity (Wildman–Crippen MR) is 80.9 cm³/mol. The zero-order chi connectivity index (χ0) is 14.7. The van der Waals surface area contributed by atoms with E-state index in [9.17, 15) is 4.79 Å². The molecule has 21 heavy (non-hydrogen) atoms. The molecule has 0 atom stereocenters. The molecule has 1 aromatic heterocycles. The van der Waals surface area contributed by atoms with Gasteiger partial charge in [-0.25, -0.2) is 4.98 Å². The van der Waals surface area contributed by atoms with Crippen molar-refractivity contribution < 1.29 is 14.3 Å². The van der Waals surface area contributed by atoms with Crippen molar-refractivity contribution in [2.45, 2.75) is 18.6 Å². The van der Waals surface area contributed by atoms with Crippen LogP contribution in [0.5, 0.6) is 0 Å². The number of carbonyl (C=O) groups excluding carboxylic acids is 1. The Balaban J connectivity index is 1.46. The zero-order valence-electron chi connectivity index (χ0n) is 11.7. The topological polar surface area (TPSA) is 63.7 Å². The molecule has 0 aliphatic carbocycles. The number of likely N-dealkylation sites (tertiary alicyclic amines) is 1. The van der Waals surface area contributed by atoms with Crippen LogP contribution in [0.15, 0.2) is 22.8 Å². The number of nitrogens with zero attached hydrogens (tertiary/aromatic N) is 2. The van der Waals surface area contributed by atoms with Gasteiger partial charge in [0.25, 0.3) is 0 Å². The molecule has 3 heterocycles. The average molecular weight is 356 g/mol. The molecule has 0 saturated carbocycles. The number of nitrogens with one attached hydrogen (secondary N) is 1. The second kappa shape index (κ2) is 6.39. The van der Waals surface area contributed by atoms with Crippen LogP contribution < -0.4 is 5.32 Å². The summed E-state index contributed by atoms with van der Waals surface area (Å²) in [6, 6.07) is 3.62. The van der Waals surface area contributed by atoms with Gasteiger partial charge in [-0.05, 0) is 28.1 Å². The number of aromatic nitrogens is 1. The molecule has 1 spiro atoms. The van der Waals surface area contributed by atoms with Crippen LogP contribution in [0.1, 0.15) is 12.8 Å². The molecule has 1 amide bonds. The van der Waals surface area contributed by atoms with Gasteiger partial charge in [-0.3, -0.25) is 9.69 Å². The summed E-state index contributed by atoms with van der Waals surface area (Å²) in [7, 11) is 0. The van der Waals surface area contributed by atoms with Crippen molar-refractivity contribution in [3.05, 3.63) is 22.8 Å². The molecule has 2 saturated heterocycles. The standard InChI is InChI=1S/C14H18BrN3O3/c15-11-1-2-12(16-9-11)17-13(19)10-18-5-3-14(4-6-18)20-7-8-21-14/h1-2,9H,3-8,10H2,(H,16,17,19). The maximum atomic E-state index is 12.0. The quantitative estimate of drug-likeness (QED) is 0.892. The lowest BCUT2D eigenvalue weighted by molar-refractivity contribution is -0.185. The van der Waals surface area contributed by atoms with Gasteiger partial charge in [0.05, 0.1) is 19.8 Å². The van der Waals surface area contributed by atoms with Gasteiger partial charge in [0.2, 0.25) is 5.91 Å². The summed E-state index contributed by atoms with van der Waals surface area (Å²) in [5, 5.41) is 2.80. The second-order valence-corrected chi connectivity index (χ2v) is 6.21. The van der Waals surface area contributed by atoms with Crippen molar-refractivity contribution >= 4 is 27.7 Å². The first-order valence-corrected chi connectivity index (χ1v) is 7.86. The van der Waals surface area contributed by atoms with Gasteiger partial charge in [0.1, 0.15) is 5.82 Å². The Morgan fingerprint density at radius 3 is 2.67 bits per heavy atom. The molecular weight excluding hydrogens is 338 g/mol. The van der Waals surface area contributed by atoms with Crippen LogP contribution in [-0.2, 0) is 14.3 Å². The molecule has 2 fully saturated rings. The molecular formula is C14H18BrN3O3. The van der Waals surface area contributed by atoms with Crippen molar-refractivity contribution in [2.75, 3.05) is 38.2 Å². The molecule has 114 valence electrons. The maximum Gasteiger partial charge on any atom is 0.239 e. The van der Waals surface area contributed by atoms with Gasteiger partial charge in [0, 0.05) is 36.6 Å². The van der Waals surface area contributed by atoms with E-state index in [0.29, 0.717) is 25.6 Å². The summed E-state index contributed by atoms with van der Waals surface area (Å²) in [5.41, 5.74) is 0. The number of carbonyl (C=O) groups is 1. The van der Waals surface area contributed by atoms with E-state index in [1.54, 1.807) is 12.3 Å². The molecule has 0 unspecified atom stereocenters. The van der Waals surface area contributed by atoms with Crippen LogP contribution in [0.4, 0.5) is 5.82 Å². The Hall–Kier alpha value is -1.02. The highest BCUT2D eigenvalue weighted by Gasteiger charge is 2.39. The van der Waals surface area contributed by atoms with E-state index in [4.69, 9.17) is 9.47 Å². The SMILES string of the molecule is O=C(CN1CCC2(CC1)OCCO2)Nc1ccc(Br)cn1. The van der Waals surface area contributed by atoms with Crippen molar-refractivity contribution in [3.63, 3.8) is 0 Å². The fourth-order valence-electron chi connectivity index (χ4n) is 2.67. The highest BCUT2D eigenvalue weighted by atomic mass is 79.9. The zero-order valence-corrected chi connectivity index (χ0v) is 13.3. The summed E-state index contributed by atoms with van der Waals surface area (Å²) in [4.78, 5) is 18.3. The number of piperidine rings is 1. The van der Waals surface area contributed by atoms with Gasteiger partial charge >= 0.3 is 0 Å². The third-order valence-corrected chi connectivity index (χ3v) is 4.26. The second-order valence-electron chi connectivity index (χ2n) is 5.29. The number of halogens is 1. The van der Waals surface area contributed by atoms with Crippen LogP contribution in [0.25, 0.3) is 0 Å². The number of hydrogen-bond donors (Lipinski definition) is 1. The van der Waals surface area contributed by atoms with Gasteiger partial charge in [0.15, 0.2) is 5.79 Å².